The lowest BCUT2D eigenvalue weighted by atomic mass is 9.95. The van der Waals surface area contributed by atoms with Crippen molar-refractivity contribution >= 4 is 34.1 Å². The molecular weight excluding hydrogens is 416 g/mol. The molecule has 3 aromatic rings. The van der Waals surface area contributed by atoms with Gasteiger partial charge in [-0.2, -0.15) is 5.11 Å². The van der Waals surface area contributed by atoms with E-state index in [4.69, 9.17) is 5.53 Å². The van der Waals surface area contributed by atoms with Crippen molar-refractivity contribution in [3.8, 4) is 0 Å². The fourth-order valence-corrected chi connectivity index (χ4v) is 4.02. The van der Waals surface area contributed by atoms with Crippen LogP contribution in [0.15, 0.2) is 72.1 Å². The molecule has 168 valence electrons. The highest BCUT2D eigenvalue weighted by atomic mass is 16.2. The number of benzene rings is 2. The molecule has 1 fully saturated rings. The summed E-state index contributed by atoms with van der Waals surface area (Å²) in [6, 6.07) is 16.8. The summed E-state index contributed by atoms with van der Waals surface area (Å²) >= 11 is 0. The third-order valence-corrected chi connectivity index (χ3v) is 5.84. The van der Waals surface area contributed by atoms with Crippen LogP contribution in [0.5, 0.6) is 0 Å². The van der Waals surface area contributed by atoms with E-state index in [1.165, 1.54) is 0 Å². The number of likely N-dealkylation sites (tertiary alicyclic amines) is 1. The number of carbonyl (C=O) groups is 2. The number of pyridine rings is 1. The van der Waals surface area contributed by atoms with Crippen LogP contribution in [0, 0.1) is 11.4 Å². The minimum Gasteiger partial charge on any atom is -0.392 e. The number of hydrogen-bond acceptors (Lipinski definition) is 6. The smallest absolute Gasteiger partial charge is 0.253 e. The summed E-state index contributed by atoms with van der Waals surface area (Å²) < 4.78 is 0. The normalized spacial score (nSPS) is 14.7. The summed E-state index contributed by atoms with van der Waals surface area (Å²) in [4.78, 5) is 31.6. The van der Waals surface area contributed by atoms with E-state index in [1.807, 2.05) is 59.5 Å². The second-order valence-electron chi connectivity index (χ2n) is 7.98. The van der Waals surface area contributed by atoms with E-state index in [1.54, 1.807) is 19.4 Å². The molecule has 0 unspecified atom stereocenters. The first-order valence-electron chi connectivity index (χ1n) is 10.9. The second kappa shape index (κ2) is 10.0. The Labute approximate surface area is 192 Å². The molecule has 3 N–H and O–H groups in total. The Morgan fingerprint density at radius 2 is 1.82 bits per heavy atom. The van der Waals surface area contributed by atoms with Crippen molar-refractivity contribution < 1.29 is 9.59 Å². The molecule has 4 rings (SSSR count). The van der Waals surface area contributed by atoms with Crippen LogP contribution in [0.1, 0.15) is 28.8 Å². The zero-order valence-electron chi connectivity index (χ0n) is 18.4. The van der Waals surface area contributed by atoms with E-state index < -0.39 is 0 Å². The number of amides is 2. The van der Waals surface area contributed by atoms with Crippen LogP contribution in [0.3, 0.4) is 0 Å². The van der Waals surface area contributed by atoms with Crippen LogP contribution >= 0.6 is 0 Å². The highest BCUT2D eigenvalue weighted by molar-refractivity contribution is 5.96. The van der Waals surface area contributed by atoms with Crippen molar-refractivity contribution in [2.75, 3.05) is 25.5 Å². The number of carbonyl (C=O) groups excluding carboxylic acids is 2. The van der Waals surface area contributed by atoms with Gasteiger partial charge >= 0.3 is 0 Å². The van der Waals surface area contributed by atoms with Crippen LogP contribution in [-0.2, 0) is 4.79 Å². The molecule has 1 aliphatic heterocycles. The van der Waals surface area contributed by atoms with E-state index >= 15 is 0 Å². The molecule has 8 nitrogen and oxygen atoms in total. The van der Waals surface area contributed by atoms with Gasteiger partial charge in [0.15, 0.2) is 0 Å². The Balaban J connectivity index is 1.41. The van der Waals surface area contributed by atoms with Crippen LogP contribution in [-0.4, -0.2) is 41.8 Å². The van der Waals surface area contributed by atoms with Gasteiger partial charge in [-0.05, 0) is 42.5 Å². The number of piperidine rings is 1. The zero-order chi connectivity index (χ0) is 23.2. The zero-order valence-corrected chi connectivity index (χ0v) is 18.4. The quantitative estimate of drug-likeness (QED) is 0.495. The predicted molar refractivity (Wildman–Crippen MR) is 128 cm³/mol. The van der Waals surface area contributed by atoms with Crippen molar-refractivity contribution in [1.82, 2.24) is 15.2 Å². The first kappa shape index (κ1) is 22.1. The van der Waals surface area contributed by atoms with Crippen LogP contribution in [0.25, 0.3) is 16.5 Å². The molecule has 0 saturated carbocycles. The number of fused-ring (bicyclic) bond motifs is 1. The topological polar surface area (TPSA) is 111 Å². The average Bonchev–Trinajstić information content (AvgIpc) is 2.87. The fourth-order valence-electron chi connectivity index (χ4n) is 4.02. The molecule has 2 amide bonds. The lowest BCUT2D eigenvalue weighted by molar-refractivity contribution is -0.121. The lowest BCUT2D eigenvalue weighted by Crippen LogP contribution is -2.41. The number of rotatable bonds is 6. The molecule has 8 heteroatoms. The molecule has 0 radical (unpaired) electrons. The molecule has 1 saturated heterocycles. The van der Waals surface area contributed by atoms with Gasteiger partial charge in [-0.3, -0.25) is 9.59 Å². The minimum absolute atomic E-state index is 0.00700. The van der Waals surface area contributed by atoms with Crippen molar-refractivity contribution in [2.45, 2.75) is 12.8 Å². The maximum absolute atomic E-state index is 12.8. The Kier molecular flexibility index (Phi) is 6.73. The Morgan fingerprint density at radius 1 is 1.06 bits per heavy atom. The number of hydrogen-bond donors (Lipinski definition) is 3. The van der Waals surface area contributed by atoms with E-state index in [9.17, 15) is 9.59 Å². The third kappa shape index (κ3) is 5.06. The summed E-state index contributed by atoms with van der Waals surface area (Å²) in [6.07, 6.45) is 4.61. The standard InChI is InChI=1S/C25H26N6O2/c1-27-16-22(30-26)19-7-8-20-15-28-23(14-21(20)13-19)29-24(32)17-9-11-31(12-10-17)25(33)18-5-3-2-4-6-18/h2-8,13-17,26-27H,9-12H2,1H3,(H,28,29,32)/b22-16-,30-26?. The largest absolute Gasteiger partial charge is 0.392 e. The van der Waals surface area contributed by atoms with Crippen molar-refractivity contribution in [3.63, 3.8) is 0 Å². The molecule has 0 spiro atoms. The molecule has 0 atom stereocenters. The van der Waals surface area contributed by atoms with Crippen LogP contribution < -0.4 is 10.6 Å². The van der Waals surface area contributed by atoms with Gasteiger partial charge in [-0.1, -0.05) is 30.3 Å². The average molecular weight is 443 g/mol. The molecule has 1 aliphatic rings. The predicted octanol–water partition coefficient (Wildman–Crippen LogP) is 4.27. The maximum atomic E-state index is 12.8. The van der Waals surface area contributed by atoms with Gasteiger partial charge in [0.25, 0.3) is 5.91 Å². The second-order valence-corrected chi connectivity index (χ2v) is 7.98. The van der Waals surface area contributed by atoms with Gasteiger partial charge in [-0.25, -0.2) is 10.5 Å². The van der Waals surface area contributed by atoms with Crippen molar-refractivity contribution in [2.24, 2.45) is 11.0 Å². The molecule has 1 aromatic heterocycles. The van der Waals surface area contributed by atoms with E-state index in [-0.39, 0.29) is 17.7 Å². The fraction of sp³-hybridized carbons (Fsp3) is 0.240. The van der Waals surface area contributed by atoms with Crippen LogP contribution in [0.2, 0.25) is 0 Å². The summed E-state index contributed by atoms with van der Waals surface area (Å²) in [7, 11) is 1.76. The van der Waals surface area contributed by atoms with Crippen LogP contribution in [0.4, 0.5) is 5.82 Å². The summed E-state index contributed by atoms with van der Waals surface area (Å²) in [6.45, 7) is 1.11. The minimum atomic E-state index is -0.166. The van der Waals surface area contributed by atoms with Gasteiger partial charge in [0.05, 0.1) is 0 Å². The molecular formula is C25H26N6O2. The highest BCUT2D eigenvalue weighted by Crippen LogP contribution is 2.25. The number of nitrogens with one attached hydrogen (secondary N) is 3. The Bertz CT molecular complexity index is 1200. The summed E-state index contributed by atoms with van der Waals surface area (Å²) in [5.74, 6) is 0.240. The molecule has 2 heterocycles. The number of anilines is 1. The lowest BCUT2D eigenvalue weighted by Gasteiger charge is -2.31. The number of aromatic nitrogens is 1. The van der Waals surface area contributed by atoms with Gasteiger partial charge in [0.2, 0.25) is 5.91 Å². The van der Waals surface area contributed by atoms with Crippen molar-refractivity contribution in [3.05, 3.63) is 78.1 Å². The summed E-state index contributed by atoms with van der Waals surface area (Å²) in [5, 5.41) is 11.2. The monoisotopic (exact) mass is 442 g/mol. The van der Waals surface area contributed by atoms with E-state index in [0.29, 0.717) is 43.0 Å². The van der Waals surface area contributed by atoms with Gasteiger partial charge in [-0.15, -0.1) is 0 Å². The van der Waals surface area contributed by atoms with E-state index in [2.05, 4.69) is 20.7 Å². The first-order valence-corrected chi connectivity index (χ1v) is 10.9. The molecule has 0 aliphatic carbocycles. The SMILES string of the molecule is CN/C=C(\N=N)c1ccc2cnc(NC(=O)C3CCN(C(=O)c4ccccc4)CC3)cc2c1. The number of nitrogens with zero attached hydrogens (tertiary/aromatic N) is 3. The maximum Gasteiger partial charge on any atom is 0.253 e. The Hall–Kier alpha value is -4.07. The van der Waals surface area contributed by atoms with E-state index in [0.717, 1.165) is 16.3 Å². The highest BCUT2D eigenvalue weighted by Gasteiger charge is 2.28. The Morgan fingerprint density at radius 3 is 2.52 bits per heavy atom. The molecule has 33 heavy (non-hydrogen) atoms. The first-order chi connectivity index (χ1) is 16.1. The van der Waals surface area contributed by atoms with Gasteiger partial charge in [0, 0.05) is 55.0 Å². The van der Waals surface area contributed by atoms with Gasteiger partial charge < -0.3 is 15.5 Å². The van der Waals surface area contributed by atoms with Crippen molar-refractivity contribution in [1.29, 1.82) is 5.53 Å². The summed E-state index contributed by atoms with van der Waals surface area (Å²) in [5.41, 5.74) is 9.35. The van der Waals surface area contributed by atoms with Gasteiger partial charge in [0.1, 0.15) is 11.5 Å². The molecule has 2 aromatic carbocycles. The third-order valence-electron chi connectivity index (χ3n) is 5.84. The molecule has 0 bridgehead atoms.